The van der Waals surface area contributed by atoms with Crippen molar-refractivity contribution >= 4 is 0 Å². The Bertz CT molecular complexity index is 509. The SMILES string of the molecule is Cc1cccc(C(N)c2cc(C)cc(C)c2)c1. The molecule has 0 bridgehead atoms. The summed E-state index contributed by atoms with van der Waals surface area (Å²) in [7, 11) is 0. The average Bonchev–Trinajstić information content (AvgIpc) is 2.26. The van der Waals surface area contributed by atoms with E-state index >= 15 is 0 Å². The van der Waals surface area contributed by atoms with Crippen molar-refractivity contribution in [3.8, 4) is 0 Å². The minimum atomic E-state index is -0.0338. The molecule has 1 nitrogen and oxygen atoms in total. The molecular weight excluding hydrogens is 206 g/mol. The first-order valence-corrected chi connectivity index (χ1v) is 5.96. The Balaban J connectivity index is 2.39. The quantitative estimate of drug-likeness (QED) is 0.829. The van der Waals surface area contributed by atoms with E-state index in [1.807, 2.05) is 0 Å². The van der Waals surface area contributed by atoms with E-state index < -0.39 is 0 Å². The van der Waals surface area contributed by atoms with Gasteiger partial charge in [-0.05, 0) is 31.9 Å². The number of nitrogens with two attached hydrogens (primary N) is 1. The Hall–Kier alpha value is -1.60. The van der Waals surface area contributed by atoms with Crippen molar-refractivity contribution in [1.82, 2.24) is 0 Å². The van der Waals surface area contributed by atoms with Crippen LogP contribution in [0.4, 0.5) is 0 Å². The summed E-state index contributed by atoms with van der Waals surface area (Å²) in [6.07, 6.45) is 0. The van der Waals surface area contributed by atoms with Crippen molar-refractivity contribution in [2.24, 2.45) is 5.73 Å². The number of benzene rings is 2. The standard InChI is InChI=1S/C16H19N/c1-11-5-4-6-14(8-11)16(17)15-9-12(2)7-13(3)10-15/h4-10,16H,17H2,1-3H3. The van der Waals surface area contributed by atoms with Gasteiger partial charge in [0.05, 0.1) is 6.04 Å². The highest BCUT2D eigenvalue weighted by atomic mass is 14.6. The van der Waals surface area contributed by atoms with Gasteiger partial charge in [-0.3, -0.25) is 0 Å². The van der Waals surface area contributed by atoms with Crippen molar-refractivity contribution in [3.05, 3.63) is 70.3 Å². The number of rotatable bonds is 2. The van der Waals surface area contributed by atoms with Gasteiger partial charge in [-0.1, -0.05) is 59.2 Å². The molecule has 1 atom stereocenters. The van der Waals surface area contributed by atoms with Crippen LogP contribution in [0.25, 0.3) is 0 Å². The molecule has 0 saturated heterocycles. The molecule has 0 aromatic heterocycles. The lowest BCUT2D eigenvalue weighted by atomic mass is 9.95. The predicted octanol–water partition coefficient (Wildman–Crippen LogP) is 3.66. The summed E-state index contributed by atoms with van der Waals surface area (Å²) in [5, 5.41) is 0. The molecule has 0 heterocycles. The maximum atomic E-state index is 6.32. The first-order chi connectivity index (χ1) is 8.06. The normalized spacial score (nSPS) is 12.5. The Kier molecular flexibility index (Phi) is 3.30. The summed E-state index contributed by atoms with van der Waals surface area (Å²) in [4.78, 5) is 0. The van der Waals surface area contributed by atoms with Crippen LogP contribution in [-0.4, -0.2) is 0 Å². The Morgan fingerprint density at radius 3 is 1.94 bits per heavy atom. The summed E-state index contributed by atoms with van der Waals surface area (Å²) in [6.45, 7) is 6.32. The number of aryl methyl sites for hydroxylation is 3. The molecular formula is C16H19N. The number of hydrogen-bond acceptors (Lipinski definition) is 1. The smallest absolute Gasteiger partial charge is 0.0551 e. The van der Waals surface area contributed by atoms with Gasteiger partial charge in [0.25, 0.3) is 0 Å². The second-order valence-electron chi connectivity index (χ2n) is 4.81. The van der Waals surface area contributed by atoms with E-state index in [4.69, 9.17) is 5.73 Å². The second-order valence-corrected chi connectivity index (χ2v) is 4.81. The highest BCUT2D eigenvalue weighted by Crippen LogP contribution is 2.22. The zero-order valence-electron chi connectivity index (χ0n) is 10.7. The molecule has 2 aromatic carbocycles. The molecule has 0 saturated carbocycles. The molecule has 1 heteroatoms. The maximum Gasteiger partial charge on any atom is 0.0551 e. The van der Waals surface area contributed by atoms with Crippen LogP contribution in [0.1, 0.15) is 33.9 Å². The lowest BCUT2D eigenvalue weighted by Gasteiger charge is -2.14. The van der Waals surface area contributed by atoms with E-state index in [9.17, 15) is 0 Å². The molecule has 0 aliphatic rings. The first kappa shape index (κ1) is 11.9. The van der Waals surface area contributed by atoms with Crippen LogP contribution in [0, 0.1) is 20.8 Å². The van der Waals surface area contributed by atoms with Crippen LogP contribution < -0.4 is 5.73 Å². The monoisotopic (exact) mass is 225 g/mol. The fraction of sp³-hybridized carbons (Fsp3) is 0.250. The minimum absolute atomic E-state index is 0.0338. The van der Waals surface area contributed by atoms with Crippen LogP contribution in [0.5, 0.6) is 0 Å². The molecule has 88 valence electrons. The lowest BCUT2D eigenvalue weighted by molar-refractivity contribution is 0.866. The Morgan fingerprint density at radius 1 is 0.765 bits per heavy atom. The Morgan fingerprint density at radius 2 is 1.35 bits per heavy atom. The third-order valence-corrected chi connectivity index (χ3v) is 3.00. The van der Waals surface area contributed by atoms with E-state index in [1.165, 1.54) is 27.8 Å². The van der Waals surface area contributed by atoms with E-state index in [-0.39, 0.29) is 6.04 Å². The summed E-state index contributed by atoms with van der Waals surface area (Å²) >= 11 is 0. The third kappa shape index (κ3) is 2.75. The fourth-order valence-electron chi connectivity index (χ4n) is 2.25. The zero-order chi connectivity index (χ0) is 12.4. The third-order valence-electron chi connectivity index (χ3n) is 3.00. The summed E-state index contributed by atoms with van der Waals surface area (Å²) < 4.78 is 0. The van der Waals surface area contributed by atoms with Crippen molar-refractivity contribution in [2.45, 2.75) is 26.8 Å². The molecule has 2 N–H and O–H groups in total. The van der Waals surface area contributed by atoms with E-state index in [0.717, 1.165) is 0 Å². The van der Waals surface area contributed by atoms with Gasteiger partial charge in [0.15, 0.2) is 0 Å². The molecule has 17 heavy (non-hydrogen) atoms. The van der Waals surface area contributed by atoms with Gasteiger partial charge in [-0.25, -0.2) is 0 Å². The molecule has 0 radical (unpaired) electrons. The predicted molar refractivity (Wildman–Crippen MR) is 73.1 cm³/mol. The van der Waals surface area contributed by atoms with Gasteiger partial charge in [0, 0.05) is 0 Å². The second kappa shape index (κ2) is 4.72. The van der Waals surface area contributed by atoms with Crippen LogP contribution in [0.15, 0.2) is 42.5 Å². The fourth-order valence-corrected chi connectivity index (χ4v) is 2.25. The van der Waals surface area contributed by atoms with E-state index in [0.29, 0.717) is 0 Å². The lowest BCUT2D eigenvalue weighted by Crippen LogP contribution is -2.12. The summed E-state index contributed by atoms with van der Waals surface area (Å²) in [5.41, 5.74) is 12.5. The van der Waals surface area contributed by atoms with Crippen molar-refractivity contribution in [3.63, 3.8) is 0 Å². The maximum absolute atomic E-state index is 6.32. The molecule has 0 aliphatic heterocycles. The minimum Gasteiger partial charge on any atom is -0.320 e. The van der Waals surface area contributed by atoms with Crippen LogP contribution in [0.3, 0.4) is 0 Å². The summed E-state index contributed by atoms with van der Waals surface area (Å²) in [5.74, 6) is 0. The largest absolute Gasteiger partial charge is 0.320 e. The van der Waals surface area contributed by atoms with Crippen LogP contribution >= 0.6 is 0 Å². The van der Waals surface area contributed by atoms with Gasteiger partial charge in [0.1, 0.15) is 0 Å². The van der Waals surface area contributed by atoms with Crippen LogP contribution in [0.2, 0.25) is 0 Å². The van der Waals surface area contributed by atoms with E-state index in [2.05, 4.69) is 63.2 Å². The molecule has 0 amide bonds. The van der Waals surface area contributed by atoms with E-state index in [1.54, 1.807) is 0 Å². The Labute approximate surface area is 103 Å². The number of hydrogen-bond donors (Lipinski definition) is 1. The topological polar surface area (TPSA) is 26.0 Å². The molecule has 2 rings (SSSR count). The van der Waals surface area contributed by atoms with Gasteiger partial charge in [-0.15, -0.1) is 0 Å². The first-order valence-electron chi connectivity index (χ1n) is 5.96. The summed E-state index contributed by atoms with van der Waals surface area (Å²) in [6, 6.07) is 14.9. The van der Waals surface area contributed by atoms with Crippen molar-refractivity contribution in [1.29, 1.82) is 0 Å². The molecule has 0 spiro atoms. The molecule has 0 fully saturated rings. The van der Waals surface area contributed by atoms with Crippen LogP contribution in [-0.2, 0) is 0 Å². The van der Waals surface area contributed by atoms with Crippen molar-refractivity contribution < 1.29 is 0 Å². The van der Waals surface area contributed by atoms with Gasteiger partial charge >= 0.3 is 0 Å². The molecule has 0 aliphatic carbocycles. The average molecular weight is 225 g/mol. The zero-order valence-corrected chi connectivity index (χ0v) is 10.7. The highest BCUT2D eigenvalue weighted by Gasteiger charge is 2.09. The molecule has 1 unspecified atom stereocenters. The van der Waals surface area contributed by atoms with Gasteiger partial charge in [0.2, 0.25) is 0 Å². The molecule has 2 aromatic rings. The van der Waals surface area contributed by atoms with Crippen molar-refractivity contribution in [2.75, 3.05) is 0 Å². The highest BCUT2D eigenvalue weighted by molar-refractivity contribution is 5.37. The van der Waals surface area contributed by atoms with Gasteiger partial charge in [-0.2, -0.15) is 0 Å². The van der Waals surface area contributed by atoms with Gasteiger partial charge < -0.3 is 5.73 Å².